The summed E-state index contributed by atoms with van der Waals surface area (Å²) in [6, 6.07) is 2.14. The molecule has 0 radical (unpaired) electrons. The number of amides is 1. The normalized spacial score (nSPS) is 24.9. The first-order valence-electron chi connectivity index (χ1n) is 7.80. The van der Waals surface area contributed by atoms with Gasteiger partial charge in [0, 0.05) is 30.7 Å². The van der Waals surface area contributed by atoms with Crippen molar-refractivity contribution in [3.8, 4) is 0 Å². The first-order chi connectivity index (χ1) is 10.7. The number of nitrogens with zero attached hydrogens (tertiary/aromatic N) is 3. The van der Waals surface area contributed by atoms with Crippen molar-refractivity contribution in [2.24, 2.45) is 0 Å². The highest BCUT2D eigenvalue weighted by Crippen LogP contribution is 2.23. The zero-order chi connectivity index (χ0) is 15.1. The second kappa shape index (κ2) is 5.24. The van der Waals surface area contributed by atoms with Gasteiger partial charge in [0.25, 0.3) is 5.91 Å². The lowest BCUT2D eigenvalue weighted by molar-refractivity contribution is 0.0929. The quantitative estimate of drug-likeness (QED) is 0.766. The molecule has 3 heterocycles. The smallest absolute Gasteiger partial charge is 0.268 e. The van der Waals surface area contributed by atoms with Gasteiger partial charge in [-0.15, -0.1) is 0 Å². The molecule has 4 rings (SSSR count). The van der Waals surface area contributed by atoms with Crippen molar-refractivity contribution >= 4 is 22.9 Å². The summed E-state index contributed by atoms with van der Waals surface area (Å²) in [5.41, 5.74) is 1.45. The zero-order valence-corrected chi connectivity index (χ0v) is 12.2. The number of carbonyl (C=O) groups is 1. The highest BCUT2D eigenvalue weighted by molar-refractivity contribution is 5.98. The molecule has 0 spiro atoms. The second-order valence-electron chi connectivity index (χ2n) is 6.06. The molecule has 7 nitrogen and oxygen atoms in total. The summed E-state index contributed by atoms with van der Waals surface area (Å²) in [5, 5.41) is 16.6. The van der Waals surface area contributed by atoms with Crippen molar-refractivity contribution in [2.75, 3.05) is 11.9 Å². The standard InChI is InChI=1S/C15H19N5O2/c21-11-3-1-10(2-4-11)18-15-17-8-9-7-12-14(22)16-5-6-20(12)13(9)19-15/h7-8,10-11,21H,1-6H2,(H,16,22)(H,17,18,19)/t10-,11-. The first kappa shape index (κ1) is 13.5. The minimum atomic E-state index is -0.169. The van der Waals surface area contributed by atoms with Gasteiger partial charge in [0.1, 0.15) is 11.3 Å². The lowest BCUT2D eigenvalue weighted by Crippen LogP contribution is -2.35. The molecule has 2 aromatic rings. The van der Waals surface area contributed by atoms with Crippen LogP contribution in [0, 0.1) is 0 Å². The Kier molecular flexibility index (Phi) is 3.22. The number of nitrogens with one attached hydrogen (secondary N) is 2. The van der Waals surface area contributed by atoms with Crippen molar-refractivity contribution in [3.63, 3.8) is 0 Å². The molecule has 0 unspecified atom stereocenters. The van der Waals surface area contributed by atoms with E-state index in [1.54, 1.807) is 6.20 Å². The topological polar surface area (TPSA) is 92.1 Å². The van der Waals surface area contributed by atoms with Crippen LogP contribution in [0.25, 0.3) is 11.0 Å². The number of aliphatic hydroxyl groups is 1. The number of hydrogen-bond donors (Lipinski definition) is 3. The molecular formula is C15H19N5O2. The summed E-state index contributed by atoms with van der Waals surface area (Å²) in [6.45, 7) is 1.36. The van der Waals surface area contributed by atoms with E-state index in [9.17, 15) is 9.90 Å². The maximum Gasteiger partial charge on any atom is 0.268 e. The number of aliphatic hydroxyl groups excluding tert-OH is 1. The highest BCUT2D eigenvalue weighted by Gasteiger charge is 2.22. The van der Waals surface area contributed by atoms with Gasteiger partial charge in [-0.1, -0.05) is 0 Å². The van der Waals surface area contributed by atoms with Gasteiger partial charge in [0.15, 0.2) is 0 Å². The van der Waals surface area contributed by atoms with E-state index in [1.807, 2.05) is 10.6 Å². The minimum Gasteiger partial charge on any atom is -0.393 e. The number of aromatic nitrogens is 3. The van der Waals surface area contributed by atoms with Crippen LogP contribution in [0.5, 0.6) is 0 Å². The fourth-order valence-corrected chi connectivity index (χ4v) is 3.30. The van der Waals surface area contributed by atoms with Crippen LogP contribution in [-0.4, -0.2) is 44.2 Å². The summed E-state index contributed by atoms with van der Waals surface area (Å²) < 4.78 is 1.95. The van der Waals surface area contributed by atoms with Crippen LogP contribution in [0.4, 0.5) is 5.95 Å². The van der Waals surface area contributed by atoms with Gasteiger partial charge in [-0.05, 0) is 31.7 Å². The third kappa shape index (κ3) is 2.31. The molecule has 2 aromatic heterocycles. The molecule has 0 atom stereocenters. The molecule has 1 saturated carbocycles. The van der Waals surface area contributed by atoms with Crippen LogP contribution < -0.4 is 10.6 Å². The molecule has 116 valence electrons. The van der Waals surface area contributed by atoms with Gasteiger partial charge in [-0.3, -0.25) is 4.79 Å². The number of carbonyl (C=O) groups excluding carboxylic acids is 1. The van der Waals surface area contributed by atoms with Crippen molar-refractivity contribution in [3.05, 3.63) is 18.0 Å². The van der Waals surface area contributed by atoms with Crippen LogP contribution in [0.2, 0.25) is 0 Å². The summed E-state index contributed by atoms with van der Waals surface area (Å²) in [5.74, 6) is 0.542. The Hall–Kier alpha value is -2.15. The minimum absolute atomic E-state index is 0.0555. The van der Waals surface area contributed by atoms with Gasteiger partial charge in [-0.2, -0.15) is 4.98 Å². The Bertz CT molecular complexity index is 718. The molecule has 7 heteroatoms. The molecule has 1 amide bonds. The molecule has 0 aromatic carbocycles. The Morgan fingerprint density at radius 3 is 2.95 bits per heavy atom. The summed E-state index contributed by atoms with van der Waals surface area (Å²) in [4.78, 5) is 20.8. The van der Waals surface area contributed by atoms with E-state index in [1.165, 1.54) is 0 Å². The second-order valence-corrected chi connectivity index (χ2v) is 6.06. The Balaban J connectivity index is 1.62. The van der Waals surface area contributed by atoms with Crippen molar-refractivity contribution < 1.29 is 9.90 Å². The van der Waals surface area contributed by atoms with E-state index in [2.05, 4.69) is 20.6 Å². The SMILES string of the molecule is O=C1NCCn2c1cc1cnc(N[C@H]3CC[C@H](O)CC3)nc12. The van der Waals surface area contributed by atoms with Crippen molar-refractivity contribution in [2.45, 2.75) is 44.4 Å². The zero-order valence-electron chi connectivity index (χ0n) is 12.2. The van der Waals surface area contributed by atoms with Gasteiger partial charge < -0.3 is 20.3 Å². The van der Waals surface area contributed by atoms with Crippen LogP contribution >= 0.6 is 0 Å². The van der Waals surface area contributed by atoms with Crippen molar-refractivity contribution in [1.82, 2.24) is 19.9 Å². The summed E-state index contributed by atoms with van der Waals surface area (Å²) in [7, 11) is 0. The van der Waals surface area contributed by atoms with Gasteiger partial charge >= 0.3 is 0 Å². The molecule has 0 saturated heterocycles. The highest BCUT2D eigenvalue weighted by atomic mass is 16.3. The summed E-state index contributed by atoms with van der Waals surface area (Å²) >= 11 is 0. The molecule has 1 aliphatic heterocycles. The number of fused-ring (bicyclic) bond motifs is 3. The largest absolute Gasteiger partial charge is 0.393 e. The number of rotatable bonds is 2. The predicted molar refractivity (Wildman–Crippen MR) is 81.7 cm³/mol. The van der Waals surface area contributed by atoms with Crippen molar-refractivity contribution in [1.29, 1.82) is 0 Å². The van der Waals surface area contributed by atoms with Gasteiger partial charge in [0.2, 0.25) is 5.95 Å². The van der Waals surface area contributed by atoms with Gasteiger partial charge in [-0.25, -0.2) is 4.98 Å². The van der Waals surface area contributed by atoms with E-state index in [0.717, 1.165) is 43.3 Å². The molecule has 1 fully saturated rings. The monoisotopic (exact) mass is 301 g/mol. The Morgan fingerprint density at radius 1 is 1.32 bits per heavy atom. The maximum absolute atomic E-state index is 11.9. The predicted octanol–water partition coefficient (Wildman–Crippen LogP) is 0.890. The fourth-order valence-electron chi connectivity index (χ4n) is 3.30. The van der Waals surface area contributed by atoms with E-state index in [-0.39, 0.29) is 12.0 Å². The van der Waals surface area contributed by atoms with Crippen LogP contribution in [0.1, 0.15) is 36.2 Å². The number of hydrogen-bond acceptors (Lipinski definition) is 5. The third-order valence-electron chi connectivity index (χ3n) is 4.52. The van der Waals surface area contributed by atoms with Gasteiger partial charge in [0.05, 0.1) is 6.10 Å². The third-order valence-corrected chi connectivity index (χ3v) is 4.52. The van der Waals surface area contributed by atoms with Crippen LogP contribution in [0.3, 0.4) is 0 Å². The molecular weight excluding hydrogens is 282 g/mol. The Labute approximate surface area is 127 Å². The average Bonchev–Trinajstić information content (AvgIpc) is 2.89. The Morgan fingerprint density at radius 2 is 2.14 bits per heavy atom. The van der Waals surface area contributed by atoms with E-state index < -0.39 is 0 Å². The molecule has 2 aliphatic rings. The fraction of sp³-hybridized carbons (Fsp3) is 0.533. The van der Waals surface area contributed by atoms with E-state index >= 15 is 0 Å². The van der Waals surface area contributed by atoms with Crippen LogP contribution in [-0.2, 0) is 6.54 Å². The van der Waals surface area contributed by atoms with E-state index in [4.69, 9.17) is 0 Å². The lowest BCUT2D eigenvalue weighted by Gasteiger charge is -2.26. The molecule has 3 N–H and O–H groups in total. The molecule has 1 aliphatic carbocycles. The lowest BCUT2D eigenvalue weighted by atomic mass is 9.93. The average molecular weight is 301 g/mol. The molecule has 0 bridgehead atoms. The maximum atomic E-state index is 11.9. The summed E-state index contributed by atoms with van der Waals surface area (Å²) in [6.07, 6.45) is 5.09. The number of anilines is 1. The van der Waals surface area contributed by atoms with Crippen LogP contribution in [0.15, 0.2) is 12.3 Å². The van der Waals surface area contributed by atoms with E-state index in [0.29, 0.717) is 24.2 Å². The first-order valence-corrected chi connectivity index (χ1v) is 7.80. The molecule has 22 heavy (non-hydrogen) atoms.